The number of fused-ring (bicyclic) bond motifs is 12. The van der Waals surface area contributed by atoms with Crippen molar-refractivity contribution in [3.05, 3.63) is 158 Å². The van der Waals surface area contributed by atoms with Gasteiger partial charge >= 0.3 is 0 Å². The van der Waals surface area contributed by atoms with Gasteiger partial charge in [0.25, 0.3) is 0 Å². The first-order chi connectivity index (χ1) is 24.3. The molecule has 3 aromatic heterocycles. The highest BCUT2D eigenvalue weighted by Gasteiger charge is 2.21. The number of hydrogen-bond acceptors (Lipinski definition) is 3. The van der Waals surface area contributed by atoms with Crippen LogP contribution < -0.4 is 0 Å². The molecule has 11 rings (SSSR count). The molecular formula is C46H26N2O. The van der Waals surface area contributed by atoms with E-state index in [-0.39, 0.29) is 0 Å². The van der Waals surface area contributed by atoms with Crippen LogP contribution in [-0.4, -0.2) is 9.97 Å². The summed E-state index contributed by atoms with van der Waals surface area (Å²) in [6, 6.07) is 54.2. The van der Waals surface area contributed by atoms with Crippen LogP contribution in [0, 0.1) is 0 Å². The highest BCUT2D eigenvalue weighted by Crippen LogP contribution is 2.47. The molecule has 226 valence electrons. The average Bonchev–Trinajstić information content (AvgIpc) is 3.55. The van der Waals surface area contributed by atoms with Gasteiger partial charge in [-0.1, -0.05) is 121 Å². The molecule has 0 aliphatic heterocycles. The summed E-state index contributed by atoms with van der Waals surface area (Å²) in [5.41, 5.74) is 8.22. The third-order valence-electron chi connectivity index (χ3n) is 10.3. The predicted molar refractivity (Wildman–Crippen MR) is 205 cm³/mol. The van der Waals surface area contributed by atoms with E-state index in [0.29, 0.717) is 0 Å². The number of hydrogen-bond donors (Lipinski definition) is 0. The Morgan fingerprint density at radius 1 is 0.408 bits per heavy atom. The van der Waals surface area contributed by atoms with Crippen molar-refractivity contribution in [3.8, 4) is 22.4 Å². The fourth-order valence-corrected chi connectivity index (χ4v) is 8.14. The van der Waals surface area contributed by atoms with Crippen molar-refractivity contribution >= 4 is 86.8 Å². The molecule has 3 nitrogen and oxygen atoms in total. The fourth-order valence-electron chi connectivity index (χ4n) is 8.14. The minimum Gasteiger partial charge on any atom is -0.455 e. The second-order valence-electron chi connectivity index (χ2n) is 12.9. The summed E-state index contributed by atoms with van der Waals surface area (Å²) in [7, 11) is 0. The summed E-state index contributed by atoms with van der Waals surface area (Å²) < 4.78 is 6.57. The van der Waals surface area contributed by atoms with Gasteiger partial charge in [-0.2, -0.15) is 0 Å². The topological polar surface area (TPSA) is 38.9 Å². The van der Waals surface area contributed by atoms with Crippen molar-refractivity contribution in [1.29, 1.82) is 0 Å². The van der Waals surface area contributed by atoms with Crippen molar-refractivity contribution in [2.45, 2.75) is 0 Å². The van der Waals surface area contributed by atoms with E-state index in [0.717, 1.165) is 65.8 Å². The van der Waals surface area contributed by atoms with Crippen LogP contribution in [0.2, 0.25) is 0 Å². The molecule has 3 heteroatoms. The first-order valence-corrected chi connectivity index (χ1v) is 16.7. The van der Waals surface area contributed by atoms with Crippen LogP contribution in [0.15, 0.2) is 162 Å². The van der Waals surface area contributed by atoms with E-state index in [1.165, 1.54) is 43.4 Å². The van der Waals surface area contributed by atoms with Crippen molar-refractivity contribution < 1.29 is 4.42 Å². The second-order valence-corrected chi connectivity index (χ2v) is 12.9. The SMILES string of the molecule is c1cnc2c(c1)ccc1ccc(-c3c4ccccc4c(-c4cc5ccc6c7ccccc7oc6c5c5ccccc45)c4ccccc34)nc12. The summed E-state index contributed by atoms with van der Waals surface area (Å²) in [4.78, 5) is 10.1. The maximum Gasteiger partial charge on any atom is 0.143 e. The molecule has 3 heterocycles. The van der Waals surface area contributed by atoms with E-state index in [1.54, 1.807) is 0 Å². The summed E-state index contributed by atoms with van der Waals surface area (Å²) in [6.07, 6.45) is 1.85. The zero-order valence-corrected chi connectivity index (χ0v) is 26.3. The largest absolute Gasteiger partial charge is 0.455 e. The van der Waals surface area contributed by atoms with Gasteiger partial charge in [-0.15, -0.1) is 0 Å². The van der Waals surface area contributed by atoms with Gasteiger partial charge in [-0.3, -0.25) is 4.98 Å². The van der Waals surface area contributed by atoms with Gasteiger partial charge in [0.1, 0.15) is 11.2 Å². The molecule has 0 spiro atoms. The highest BCUT2D eigenvalue weighted by molar-refractivity contribution is 6.29. The maximum atomic E-state index is 6.57. The quantitative estimate of drug-likeness (QED) is 0.142. The summed E-state index contributed by atoms with van der Waals surface area (Å²) in [5.74, 6) is 0. The third-order valence-corrected chi connectivity index (χ3v) is 10.3. The molecule has 0 atom stereocenters. The number of aromatic nitrogens is 2. The molecule has 0 saturated heterocycles. The molecule has 0 N–H and O–H groups in total. The zero-order valence-electron chi connectivity index (χ0n) is 26.3. The molecule has 0 unspecified atom stereocenters. The van der Waals surface area contributed by atoms with Crippen molar-refractivity contribution in [1.82, 2.24) is 9.97 Å². The Balaban J connectivity index is 1.26. The van der Waals surface area contributed by atoms with E-state index in [1.807, 2.05) is 18.3 Å². The third kappa shape index (κ3) is 3.73. The zero-order chi connectivity index (χ0) is 32.1. The monoisotopic (exact) mass is 622 g/mol. The average molecular weight is 623 g/mol. The first-order valence-electron chi connectivity index (χ1n) is 16.7. The van der Waals surface area contributed by atoms with Gasteiger partial charge in [-0.05, 0) is 79.2 Å². The van der Waals surface area contributed by atoms with Gasteiger partial charge < -0.3 is 4.42 Å². The molecule has 0 aliphatic carbocycles. The summed E-state index contributed by atoms with van der Waals surface area (Å²) in [6.45, 7) is 0. The molecule has 8 aromatic carbocycles. The predicted octanol–water partition coefficient (Wildman–Crippen LogP) is 12.6. The van der Waals surface area contributed by atoms with Crippen LogP contribution >= 0.6 is 0 Å². The molecule has 0 radical (unpaired) electrons. The number of pyridine rings is 2. The Morgan fingerprint density at radius 3 is 1.76 bits per heavy atom. The van der Waals surface area contributed by atoms with E-state index in [2.05, 4.69) is 140 Å². The van der Waals surface area contributed by atoms with Crippen LogP contribution in [-0.2, 0) is 0 Å². The van der Waals surface area contributed by atoms with Crippen LogP contribution in [0.3, 0.4) is 0 Å². The van der Waals surface area contributed by atoms with Gasteiger partial charge in [0, 0.05) is 38.7 Å². The molecule has 0 bridgehead atoms. The van der Waals surface area contributed by atoms with E-state index in [4.69, 9.17) is 14.4 Å². The standard InChI is InChI=1S/C46H26N2O/c1-2-13-32-30(11-1)38(26-29-21-23-37-31-12-7-8-18-40(31)49-46(37)41(29)32)42-33-14-3-5-16-35(33)43(36-17-6-4-15-34(36)42)39-24-22-28-20-19-27-10-9-25-47-44(27)45(28)48-39/h1-26H. The van der Waals surface area contributed by atoms with E-state index < -0.39 is 0 Å². The smallest absolute Gasteiger partial charge is 0.143 e. The van der Waals surface area contributed by atoms with Crippen molar-refractivity contribution in [3.63, 3.8) is 0 Å². The normalized spacial score (nSPS) is 12.1. The van der Waals surface area contributed by atoms with Crippen molar-refractivity contribution in [2.75, 3.05) is 0 Å². The van der Waals surface area contributed by atoms with Crippen LogP contribution in [0.4, 0.5) is 0 Å². The molecule has 0 fully saturated rings. The lowest BCUT2D eigenvalue weighted by Crippen LogP contribution is -1.94. The number of para-hydroxylation sites is 1. The first kappa shape index (κ1) is 26.5. The van der Waals surface area contributed by atoms with E-state index >= 15 is 0 Å². The van der Waals surface area contributed by atoms with Crippen LogP contribution in [0.5, 0.6) is 0 Å². The molecule has 0 aliphatic rings. The number of furan rings is 1. The summed E-state index contributed by atoms with van der Waals surface area (Å²) in [5, 5.41) is 13.9. The van der Waals surface area contributed by atoms with Gasteiger partial charge in [0.05, 0.1) is 16.7 Å². The number of benzene rings is 8. The highest BCUT2D eigenvalue weighted by atomic mass is 16.3. The Morgan fingerprint density at radius 2 is 1.00 bits per heavy atom. The van der Waals surface area contributed by atoms with Gasteiger partial charge in [-0.25, -0.2) is 4.98 Å². The lowest BCUT2D eigenvalue weighted by molar-refractivity contribution is 0.673. The molecular weight excluding hydrogens is 597 g/mol. The lowest BCUT2D eigenvalue weighted by atomic mass is 9.84. The Hall–Kier alpha value is -6.58. The maximum absolute atomic E-state index is 6.57. The number of rotatable bonds is 2. The molecule has 0 saturated carbocycles. The molecule has 49 heavy (non-hydrogen) atoms. The Labute approximate surface area is 280 Å². The molecule has 11 aromatic rings. The number of nitrogens with zero attached hydrogens (tertiary/aromatic N) is 2. The van der Waals surface area contributed by atoms with Crippen LogP contribution in [0.25, 0.3) is 109 Å². The Bertz CT molecular complexity index is 3120. The molecule has 0 amide bonds. The van der Waals surface area contributed by atoms with Crippen molar-refractivity contribution in [2.24, 2.45) is 0 Å². The second kappa shape index (κ2) is 9.96. The fraction of sp³-hybridized carbons (Fsp3) is 0. The minimum atomic E-state index is 0.914. The Kier molecular flexibility index (Phi) is 5.38. The van der Waals surface area contributed by atoms with Crippen LogP contribution in [0.1, 0.15) is 0 Å². The van der Waals surface area contributed by atoms with Gasteiger partial charge in [0.2, 0.25) is 0 Å². The summed E-state index contributed by atoms with van der Waals surface area (Å²) >= 11 is 0. The van der Waals surface area contributed by atoms with E-state index in [9.17, 15) is 0 Å². The van der Waals surface area contributed by atoms with Gasteiger partial charge in [0.15, 0.2) is 0 Å². The lowest BCUT2D eigenvalue weighted by Gasteiger charge is -2.19. The minimum absolute atomic E-state index is 0.914.